The summed E-state index contributed by atoms with van der Waals surface area (Å²) in [5, 5.41) is 25.7. The van der Waals surface area contributed by atoms with Gasteiger partial charge in [-0.05, 0) is 57.1 Å². The lowest BCUT2D eigenvalue weighted by Crippen LogP contribution is -2.57. The summed E-state index contributed by atoms with van der Waals surface area (Å²) >= 11 is 1.40. The number of primary amides is 1. The van der Waals surface area contributed by atoms with Gasteiger partial charge in [0, 0.05) is 12.8 Å². The van der Waals surface area contributed by atoms with Crippen molar-refractivity contribution in [2.45, 2.75) is 75.5 Å². The van der Waals surface area contributed by atoms with E-state index in [4.69, 9.17) is 22.3 Å². The van der Waals surface area contributed by atoms with Crippen molar-refractivity contribution in [1.82, 2.24) is 16.0 Å². The molecule has 15 heteroatoms. The molecule has 4 atom stereocenters. The Morgan fingerprint density at radius 3 is 1.83 bits per heavy atom. The Kier molecular flexibility index (Phi) is 16.9. The van der Waals surface area contributed by atoms with Gasteiger partial charge in [0.15, 0.2) is 0 Å². The second-order valence-corrected chi connectivity index (χ2v) is 9.12. The van der Waals surface area contributed by atoms with Gasteiger partial charge in [-0.25, -0.2) is 4.79 Å². The average molecular weight is 535 g/mol. The lowest BCUT2D eigenvalue weighted by atomic mass is 10.1. The largest absolute Gasteiger partial charge is 0.481 e. The lowest BCUT2D eigenvalue weighted by molar-refractivity contribution is -0.142. The third kappa shape index (κ3) is 14.5. The molecule has 0 aromatic heterocycles. The number of carboxylic acids is 2. The van der Waals surface area contributed by atoms with Gasteiger partial charge in [0.1, 0.15) is 18.1 Å². The molecule has 0 aromatic rings. The van der Waals surface area contributed by atoms with Crippen molar-refractivity contribution in [3.8, 4) is 0 Å². The van der Waals surface area contributed by atoms with E-state index in [0.29, 0.717) is 25.1 Å². The monoisotopic (exact) mass is 534 g/mol. The van der Waals surface area contributed by atoms with Crippen LogP contribution in [-0.4, -0.2) is 88.5 Å². The molecule has 0 heterocycles. The molecule has 206 valence electrons. The second-order valence-electron chi connectivity index (χ2n) is 8.13. The highest BCUT2D eigenvalue weighted by atomic mass is 32.2. The van der Waals surface area contributed by atoms with Crippen LogP contribution in [0.5, 0.6) is 0 Å². The van der Waals surface area contributed by atoms with E-state index in [0.717, 1.165) is 0 Å². The smallest absolute Gasteiger partial charge is 0.326 e. The summed E-state index contributed by atoms with van der Waals surface area (Å²) in [4.78, 5) is 71.7. The van der Waals surface area contributed by atoms with Crippen LogP contribution in [0.25, 0.3) is 0 Å². The minimum absolute atomic E-state index is 0.0755. The lowest BCUT2D eigenvalue weighted by Gasteiger charge is -2.25. The first kappa shape index (κ1) is 33.1. The SMILES string of the molecule is CSCCC(NC(=O)C(CCC(=O)O)NC(=O)C(N)CCC(N)=O)C(=O)NC(CCCCN)C(=O)O. The Labute approximate surface area is 213 Å². The molecule has 0 radical (unpaired) electrons. The summed E-state index contributed by atoms with van der Waals surface area (Å²) in [6, 6.07) is -4.81. The van der Waals surface area contributed by atoms with Crippen LogP contribution in [0, 0.1) is 0 Å². The number of amides is 4. The van der Waals surface area contributed by atoms with Crippen LogP contribution in [0.15, 0.2) is 0 Å². The zero-order chi connectivity index (χ0) is 27.7. The van der Waals surface area contributed by atoms with E-state index < -0.39 is 66.2 Å². The third-order valence-corrected chi connectivity index (χ3v) is 5.77. The third-order valence-electron chi connectivity index (χ3n) is 5.12. The molecule has 0 saturated carbocycles. The van der Waals surface area contributed by atoms with Crippen molar-refractivity contribution in [3.63, 3.8) is 0 Å². The Morgan fingerprint density at radius 1 is 0.778 bits per heavy atom. The summed E-state index contributed by atoms with van der Waals surface area (Å²) < 4.78 is 0. The predicted molar refractivity (Wildman–Crippen MR) is 133 cm³/mol. The summed E-state index contributed by atoms with van der Waals surface area (Å²) in [5.41, 5.74) is 16.2. The van der Waals surface area contributed by atoms with Crippen molar-refractivity contribution in [3.05, 3.63) is 0 Å². The first-order valence-corrected chi connectivity index (χ1v) is 12.9. The van der Waals surface area contributed by atoms with Crippen molar-refractivity contribution >= 4 is 47.3 Å². The molecule has 4 unspecified atom stereocenters. The number of hydrogen-bond acceptors (Lipinski definition) is 9. The summed E-state index contributed by atoms with van der Waals surface area (Å²) in [7, 11) is 0. The van der Waals surface area contributed by atoms with Gasteiger partial charge < -0.3 is 43.4 Å². The molecule has 11 N–H and O–H groups in total. The Bertz CT molecular complexity index is 769. The second kappa shape index (κ2) is 18.4. The van der Waals surface area contributed by atoms with Crippen LogP contribution in [0.4, 0.5) is 0 Å². The number of carbonyl (C=O) groups excluding carboxylic acids is 4. The molecule has 0 bridgehead atoms. The van der Waals surface area contributed by atoms with Crippen molar-refractivity contribution < 1.29 is 39.0 Å². The van der Waals surface area contributed by atoms with Gasteiger partial charge in [-0.15, -0.1) is 0 Å². The number of nitrogens with two attached hydrogens (primary N) is 3. The number of carbonyl (C=O) groups is 6. The van der Waals surface area contributed by atoms with Crippen molar-refractivity contribution in [1.29, 1.82) is 0 Å². The van der Waals surface area contributed by atoms with E-state index in [-0.39, 0.29) is 32.1 Å². The van der Waals surface area contributed by atoms with Crippen LogP contribution in [0.1, 0.15) is 51.4 Å². The van der Waals surface area contributed by atoms with E-state index in [1.165, 1.54) is 11.8 Å². The summed E-state index contributed by atoms with van der Waals surface area (Å²) in [6.07, 6.45) is 2.18. The van der Waals surface area contributed by atoms with Gasteiger partial charge in [-0.1, -0.05) is 0 Å². The molecule has 0 rings (SSSR count). The molecule has 0 fully saturated rings. The number of thioether (sulfide) groups is 1. The maximum absolute atomic E-state index is 12.9. The topological polar surface area (TPSA) is 257 Å². The van der Waals surface area contributed by atoms with E-state index in [1.807, 2.05) is 0 Å². The fourth-order valence-corrected chi connectivity index (χ4v) is 3.51. The Morgan fingerprint density at radius 2 is 1.33 bits per heavy atom. The van der Waals surface area contributed by atoms with Crippen LogP contribution in [-0.2, 0) is 28.8 Å². The van der Waals surface area contributed by atoms with E-state index in [1.54, 1.807) is 6.26 Å². The van der Waals surface area contributed by atoms with Gasteiger partial charge in [-0.2, -0.15) is 11.8 Å². The molecule has 0 spiro atoms. The molecule has 36 heavy (non-hydrogen) atoms. The molecule has 4 amide bonds. The molecule has 0 aliphatic heterocycles. The van der Waals surface area contributed by atoms with E-state index in [9.17, 15) is 33.9 Å². The number of rotatable bonds is 20. The molecule has 0 aromatic carbocycles. The number of aliphatic carboxylic acids is 2. The molecular formula is C21H38N6O8S. The van der Waals surface area contributed by atoms with Crippen LogP contribution < -0.4 is 33.2 Å². The highest BCUT2D eigenvalue weighted by molar-refractivity contribution is 7.98. The fraction of sp³-hybridized carbons (Fsp3) is 0.714. The van der Waals surface area contributed by atoms with Crippen LogP contribution in [0.3, 0.4) is 0 Å². The molecule has 0 aliphatic carbocycles. The van der Waals surface area contributed by atoms with Gasteiger partial charge in [0.25, 0.3) is 0 Å². The van der Waals surface area contributed by atoms with E-state index >= 15 is 0 Å². The molecule has 0 saturated heterocycles. The number of carboxylic acid groups (broad SMARTS) is 2. The number of unbranched alkanes of at least 4 members (excludes halogenated alkanes) is 1. The highest BCUT2D eigenvalue weighted by Gasteiger charge is 2.30. The predicted octanol–water partition coefficient (Wildman–Crippen LogP) is -2.13. The van der Waals surface area contributed by atoms with Gasteiger partial charge >= 0.3 is 11.9 Å². The summed E-state index contributed by atoms with van der Waals surface area (Å²) in [5.74, 6) is -5.00. The molecular weight excluding hydrogens is 496 g/mol. The van der Waals surface area contributed by atoms with Gasteiger partial charge in [0.05, 0.1) is 6.04 Å². The quantitative estimate of drug-likeness (QED) is 0.0782. The minimum Gasteiger partial charge on any atom is -0.481 e. The number of nitrogens with one attached hydrogen (secondary N) is 3. The van der Waals surface area contributed by atoms with Crippen LogP contribution in [0.2, 0.25) is 0 Å². The van der Waals surface area contributed by atoms with Crippen molar-refractivity contribution in [2.24, 2.45) is 17.2 Å². The zero-order valence-electron chi connectivity index (χ0n) is 20.4. The first-order chi connectivity index (χ1) is 16.9. The normalized spacial score (nSPS) is 14.1. The average Bonchev–Trinajstić information content (AvgIpc) is 2.81. The van der Waals surface area contributed by atoms with Crippen molar-refractivity contribution in [2.75, 3.05) is 18.6 Å². The maximum Gasteiger partial charge on any atom is 0.326 e. The van der Waals surface area contributed by atoms with Crippen LogP contribution >= 0.6 is 11.8 Å². The maximum atomic E-state index is 12.9. The standard InChI is InChI=1S/C21H38N6O8S/c1-36-11-9-14(20(33)27-15(21(34)35)4-2-3-10-22)26-19(32)13(6-8-17(29)30)25-18(31)12(23)5-7-16(24)28/h12-15H,2-11,22-23H2,1H3,(H2,24,28)(H,25,31)(H,26,32)(H,27,33)(H,29,30)(H,34,35). The fourth-order valence-electron chi connectivity index (χ4n) is 3.04. The first-order valence-electron chi connectivity index (χ1n) is 11.5. The Hall–Kier alpha value is -2.91. The van der Waals surface area contributed by atoms with Gasteiger partial charge in [-0.3, -0.25) is 24.0 Å². The minimum atomic E-state index is -1.34. The zero-order valence-corrected chi connectivity index (χ0v) is 21.2. The molecule has 0 aliphatic rings. The highest BCUT2D eigenvalue weighted by Crippen LogP contribution is 2.07. The molecule has 14 nitrogen and oxygen atoms in total. The van der Waals surface area contributed by atoms with Gasteiger partial charge in [0.2, 0.25) is 23.6 Å². The summed E-state index contributed by atoms with van der Waals surface area (Å²) in [6.45, 7) is 0.377. The number of hydrogen-bond donors (Lipinski definition) is 8. The Balaban J connectivity index is 5.47. The van der Waals surface area contributed by atoms with E-state index in [2.05, 4.69) is 16.0 Å².